The minimum absolute atomic E-state index is 0.389. The summed E-state index contributed by atoms with van der Waals surface area (Å²) < 4.78 is 25.9. The topological polar surface area (TPSA) is 60.3 Å². The summed E-state index contributed by atoms with van der Waals surface area (Å²) in [4.78, 5) is 0. The molecule has 0 saturated heterocycles. The SMILES string of the molecule is CCNS(=O)(=O)[N]C. The summed E-state index contributed by atoms with van der Waals surface area (Å²) >= 11 is 0. The summed E-state index contributed by atoms with van der Waals surface area (Å²) in [5.74, 6) is 0. The Balaban J connectivity index is 3.76. The van der Waals surface area contributed by atoms with Crippen molar-refractivity contribution in [1.82, 2.24) is 9.44 Å². The number of rotatable bonds is 3. The highest BCUT2D eigenvalue weighted by atomic mass is 32.2. The van der Waals surface area contributed by atoms with E-state index in [1.165, 1.54) is 7.05 Å². The van der Waals surface area contributed by atoms with Crippen molar-refractivity contribution < 1.29 is 8.42 Å². The molecule has 0 fully saturated rings. The first-order valence-electron chi connectivity index (χ1n) is 2.23. The predicted molar refractivity (Wildman–Crippen MR) is 30.7 cm³/mol. The van der Waals surface area contributed by atoms with Gasteiger partial charge in [0.15, 0.2) is 0 Å². The first kappa shape index (κ1) is 7.87. The smallest absolute Gasteiger partial charge is 0.201 e. The zero-order valence-electron chi connectivity index (χ0n) is 4.88. The molecular formula is C3H9N2O2S. The molecule has 0 aromatic carbocycles. The molecule has 49 valence electrons. The molecule has 0 saturated carbocycles. The summed E-state index contributed by atoms with van der Waals surface area (Å²) in [5, 5.41) is 0. The van der Waals surface area contributed by atoms with E-state index < -0.39 is 10.2 Å². The van der Waals surface area contributed by atoms with E-state index in [2.05, 4.69) is 9.44 Å². The molecule has 0 amide bonds. The van der Waals surface area contributed by atoms with Crippen molar-refractivity contribution in [2.24, 2.45) is 0 Å². The summed E-state index contributed by atoms with van der Waals surface area (Å²) in [6.45, 7) is 2.09. The van der Waals surface area contributed by atoms with Gasteiger partial charge in [0, 0.05) is 13.6 Å². The van der Waals surface area contributed by atoms with Crippen LogP contribution in [0.3, 0.4) is 0 Å². The molecule has 0 aromatic heterocycles. The molecule has 4 nitrogen and oxygen atoms in total. The van der Waals surface area contributed by atoms with Gasteiger partial charge in [0.25, 0.3) is 10.2 Å². The fourth-order valence-electron chi connectivity index (χ4n) is 0.247. The lowest BCUT2D eigenvalue weighted by molar-refractivity contribution is 0.574. The van der Waals surface area contributed by atoms with Crippen LogP contribution in [-0.2, 0) is 10.2 Å². The van der Waals surface area contributed by atoms with Gasteiger partial charge >= 0.3 is 0 Å². The maximum Gasteiger partial charge on any atom is 0.293 e. The number of nitrogens with zero attached hydrogens (tertiary/aromatic N) is 1. The molecule has 0 heterocycles. The van der Waals surface area contributed by atoms with Gasteiger partial charge in [-0.15, -0.1) is 4.72 Å². The summed E-state index contributed by atoms with van der Waals surface area (Å²) in [5.41, 5.74) is 0. The molecular weight excluding hydrogens is 128 g/mol. The molecule has 0 atom stereocenters. The maximum atomic E-state index is 10.3. The monoisotopic (exact) mass is 137 g/mol. The molecule has 0 spiro atoms. The standard InChI is InChI=1S/C3H9N2O2S/c1-3-5-8(6,7)4-2/h5H,3H2,1-2H3. The average molecular weight is 137 g/mol. The van der Waals surface area contributed by atoms with Crippen LogP contribution in [0.4, 0.5) is 0 Å². The highest BCUT2D eigenvalue weighted by Crippen LogP contribution is 1.71. The zero-order chi connectivity index (χ0) is 6.62. The van der Waals surface area contributed by atoms with Crippen LogP contribution in [0.15, 0.2) is 0 Å². The fraction of sp³-hybridized carbons (Fsp3) is 1.00. The van der Waals surface area contributed by atoms with Gasteiger partial charge in [-0.25, -0.2) is 4.72 Å². The zero-order valence-corrected chi connectivity index (χ0v) is 5.70. The second-order valence-electron chi connectivity index (χ2n) is 1.16. The summed E-state index contributed by atoms with van der Waals surface area (Å²) in [6.07, 6.45) is 0. The molecule has 1 radical (unpaired) electrons. The molecule has 0 aliphatic rings. The minimum atomic E-state index is -3.29. The Morgan fingerprint density at radius 2 is 2.12 bits per heavy atom. The van der Waals surface area contributed by atoms with Crippen molar-refractivity contribution >= 4 is 10.2 Å². The van der Waals surface area contributed by atoms with E-state index in [1.807, 2.05) is 0 Å². The molecule has 0 aliphatic carbocycles. The Morgan fingerprint density at radius 1 is 1.62 bits per heavy atom. The predicted octanol–water partition coefficient (Wildman–Crippen LogP) is -0.925. The van der Waals surface area contributed by atoms with Crippen LogP contribution in [-0.4, -0.2) is 22.0 Å². The molecule has 5 heteroatoms. The Morgan fingerprint density at radius 3 is 2.25 bits per heavy atom. The Bertz CT molecular complexity index is 139. The molecule has 0 unspecified atom stereocenters. The minimum Gasteiger partial charge on any atom is -0.201 e. The van der Waals surface area contributed by atoms with Crippen LogP contribution in [0, 0.1) is 0 Å². The Hall–Kier alpha value is -0.130. The van der Waals surface area contributed by atoms with Crippen molar-refractivity contribution in [3.05, 3.63) is 0 Å². The molecule has 0 rings (SSSR count). The van der Waals surface area contributed by atoms with Gasteiger partial charge < -0.3 is 0 Å². The first-order valence-corrected chi connectivity index (χ1v) is 3.67. The van der Waals surface area contributed by atoms with E-state index in [1.54, 1.807) is 6.92 Å². The third-order valence-electron chi connectivity index (χ3n) is 0.567. The van der Waals surface area contributed by atoms with E-state index in [0.29, 0.717) is 6.54 Å². The van der Waals surface area contributed by atoms with Crippen LogP contribution >= 0.6 is 0 Å². The molecule has 0 aromatic rings. The van der Waals surface area contributed by atoms with E-state index in [4.69, 9.17) is 0 Å². The Labute approximate surface area is 49.5 Å². The molecule has 0 bridgehead atoms. The third kappa shape index (κ3) is 2.95. The van der Waals surface area contributed by atoms with Gasteiger partial charge in [-0.1, -0.05) is 6.92 Å². The van der Waals surface area contributed by atoms with Gasteiger partial charge in [-0.05, 0) is 0 Å². The van der Waals surface area contributed by atoms with Gasteiger partial charge in [-0.2, -0.15) is 8.42 Å². The van der Waals surface area contributed by atoms with Crippen LogP contribution < -0.4 is 9.44 Å². The number of hydrogen-bond acceptors (Lipinski definition) is 2. The van der Waals surface area contributed by atoms with E-state index in [-0.39, 0.29) is 0 Å². The van der Waals surface area contributed by atoms with Gasteiger partial charge in [0.1, 0.15) is 0 Å². The number of hydrogen-bond donors (Lipinski definition) is 1. The third-order valence-corrected chi connectivity index (χ3v) is 1.70. The molecule has 0 aliphatic heterocycles. The van der Waals surface area contributed by atoms with Crippen molar-refractivity contribution in [1.29, 1.82) is 0 Å². The highest BCUT2D eigenvalue weighted by molar-refractivity contribution is 7.87. The lowest BCUT2D eigenvalue weighted by Gasteiger charge is -1.96. The molecule has 8 heavy (non-hydrogen) atoms. The normalized spacial score (nSPS) is 11.8. The van der Waals surface area contributed by atoms with Crippen molar-refractivity contribution in [3.63, 3.8) is 0 Å². The summed E-state index contributed by atoms with van der Waals surface area (Å²) in [6, 6.07) is 0. The van der Waals surface area contributed by atoms with Crippen LogP contribution in [0.2, 0.25) is 0 Å². The van der Waals surface area contributed by atoms with Gasteiger partial charge in [0.2, 0.25) is 0 Å². The first-order chi connectivity index (χ1) is 3.62. The summed E-state index contributed by atoms with van der Waals surface area (Å²) in [7, 11) is -2.06. The average Bonchev–Trinajstić information content (AvgIpc) is 1.67. The Kier molecular flexibility index (Phi) is 2.96. The van der Waals surface area contributed by atoms with E-state index in [9.17, 15) is 8.42 Å². The maximum absolute atomic E-state index is 10.3. The fourth-order valence-corrected chi connectivity index (χ4v) is 0.741. The van der Waals surface area contributed by atoms with E-state index in [0.717, 1.165) is 0 Å². The van der Waals surface area contributed by atoms with Crippen LogP contribution in [0.5, 0.6) is 0 Å². The van der Waals surface area contributed by atoms with Crippen molar-refractivity contribution in [3.8, 4) is 0 Å². The number of nitrogens with one attached hydrogen (secondary N) is 1. The lowest BCUT2D eigenvalue weighted by Crippen LogP contribution is -2.29. The quantitative estimate of drug-likeness (QED) is 0.546. The van der Waals surface area contributed by atoms with Crippen LogP contribution in [0.1, 0.15) is 6.92 Å². The molecule has 1 N–H and O–H groups in total. The van der Waals surface area contributed by atoms with Crippen molar-refractivity contribution in [2.75, 3.05) is 13.6 Å². The van der Waals surface area contributed by atoms with Crippen LogP contribution in [0.25, 0.3) is 0 Å². The van der Waals surface area contributed by atoms with Gasteiger partial charge in [0.05, 0.1) is 0 Å². The second kappa shape index (κ2) is 3.01. The second-order valence-corrected chi connectivity index (χ2v) is 2.76. The van der Waals surface area contributed by atoms with Gasteiger partial charge in [-0.3, -0.25) is 0 Å². The highest BCUT2D eigenvalue weighted by Gasteiger charge is 2.01. The largest absolute Gasteiger partial charge is 0.293 e. The van der Waals surface area contributed by atoms with Crippen molar-refractivity contribution in [2.45, 2.75) is 6.92 Å². The van der Waals surface area contributed by atoms with E-state index >= 15 is 0 Å². The lowest BCUT2D eigenvalue weighted by atomic mass is 10.8.